The van der Waals surface area contributed by atoms with Gasteiger partial charge in [-0.2, -0.15) is 0 Å². The van der Waals surface area contributed by atoms with Gasteiger partial charge in [-0.3, -0.25) is 9.38 Å². The van der Waals surface area contributed by atoms with Crippen molar-refractivity contribution in [1.82, 2.24) is 23.5 Å². The van der Waals surface area contributed by atoms with Crippen molar-refractivity contribution in [3.63, 3.8) is 0 Å². The zero-order chi connectivity index (χ0) is 28.1. The molecule has 5 heterocycles. The highest BCUT2D eigenvalue weighted by atomic mass is 15.0. The highest BCUT2D eigenvalue weighted by Gasteiger charge is 2.27. The van der Waals surface area contributed by atoms with Crippen LogP contribution in [0.4, 0.5) is 0 Å². The minimum Gasteiger partial charge on any atom is -0.308 e. The number of imidazole rings is 1. The second-order valence-electron chi connectivity index (χ2n) is 11.1. The van der Waals surface area contributed by atoms with E-state index in [1.165, 1.54) is 49.0 Å². The van der Waals surface area contributed by atoms with Gasteiger partial charge >= 0.3 is 0 Å². The van der Waals surface area contributed by atoms with Gasteiger partial charge in [0.05, 0.1) is 27.6 Å². The van der Waals surface area contributed by atoms with E-state index in [1.54, 1.807) is 0 Å². The van der Waals surface area contributed by atoms with E-state index in [0.29, 0.717) is 0 Å². The normalized spacial score (nSPS) is 12.2. The predicted octanol–water partition coefficient (Wildman–Crippen LogP) is 9.23. The lowest BCUT2D eigenvalue weighted by atomic mass is 9.99. The summed E-state index contributed by atoms with van der Waals surface area (Å²) in [4.78, 5) is 9.73. The predicted molar refractivity (Wildman–Crippen MR) is 177 cm³/mol. The number of fused-ring (bicyclic) bond motifs is 15. The van der Waals surface area contributed by atoms with E-state index in [2.05, 4.69) is 135 Å². The molecule has 0 spiro atoms. The highest BCUT2D eigenvalue weighted by molar-refractivity contribution is 6.39. The number of pyridine rings is 2. The Morgan fingerprint density at radius 2 is 0.930 bits per heavy atom. The fourth-order valence-corrected chi connectivity index (χ4v) is 7.30. The van der Waals surface area contributed by atoms with Crippen LogP contribution < -0.4 is 0 Å². The Morgan fingerprint density at radius 1 is 0.419 bits per heavy atom. The van der Waals surface area contributed by atoms with E-state index in [0.717, 1.165) is 33.4 Å². The van der Waals surface area contributed by atoms with Gasteiger partial charge in [0.25, 0.3) is 0 Å². The lowest BCUT2D eigenvalue weighted by Gasteiger charge is -2.15. The first-order valence-electron chi connectivity index (χ1n) is 14.5. The summed E-state index contributed by atoms with van der Waals surface area (Å²) < 4.78 is 7.14. The first-order chi connectivity index (χ1) is 21.4. The molecule has 0 N–H and O–H groups in total. The minimum absolute atomic E-state index is 0.864. The molecule has 0 fully saturated rings. The van der Waals surface area contributed by atoms with Crippen LogP contribution in [-0.2, 0) is 0 Å². The van der Waals surface area contributed by atoms with Crippen molar-refractivity contribution in [3.05, 3.63) is 140 Å². The van der Waals surface area contributed by atoms with E-state index >= 15 is 0 Å². The fraction of sp³-hybridized carbons (Fsp3) is 0. The molecule has 0 saturated heterocycles. The van der Waals surface area contributed by atoms with Gasteiger partial charge < -0.3 is 9.13 Å². The molecule has 0 amide bonds. The van der Waals surface area contributed by atoms with Gasteiger partial charge in [0.15, 0.2) is 5.65 Å². The van der Waals surface area contributed by atoms with Gasteiger partial charge in [-0.15, -0.1) is 0 Å². The third-order valence-corrected chi connectivity index (χ3v) is 8.90. The van der Waals surface area contributed by atoms with Crippen LogP contribution in [0.5, 0.6) is 0 Å². The van der Waals surface area contributed by atoms with Crippen molar-refractivity contribution in [3.8, 4) is 11.4 Å². The zero-order valence-corrected chi connectivity index (χ0v) is 23.0. The Kier molecular flexibility index (Phi) is 4.39. The molecular weight excluding hydrogens is 526 g/mol. The van der Waals surface area contributed by atoms with Crippen LogP contribution in [0.1, 0.15) is 0 Å². The van der Waals surface area contributed by atoms with Gasteiger partial charge in [0.1, 0.15) is 5.52 Å². The smallest absolute Gasteiger partial charge is 0.163 e. The van der Waals surface area contributed by atoms with Crippen molar-refractivity contribution >= 4 is 71.1 Å². The molecule has 0 saturated carbocycles. The SMILES string of the molecule is c1ccc(-n2c3ccccc3c3c2c2c4cccnc4c4nccn4c2c2c4ccccc4n(-c4ccccc4)c32)cc1. The number of hydrogen-bond donors (Lipinski definition) is 0. The van der Waals surface area contributed by atoms with E-state index < -0.39 is 0 Å². The molecule has 5 aromatic carbocycles. The van der Waals surface area contributed by atoms with E-state index in [-0.39, 0.29) is 0 Å². The van der Waals surface area contributed by atoms with Crippen LogP contribution in [0.25, 0.3) is 82.4 Å². The van der Waals surface area contributed by atoms with Crippen molar-refractivity contribution in [2.24, 2.45) is 0 Å². The molecule has 5 aromatic heterocycles. The van der Waals surface area contributed by atoms with E-state index in [9.17, 15) is 0 Å². The molecule has 0 aliphatic heterocycles. The first kappa shape index (κ1) is 22.7. The Balaban J connectivity index is 1.66. The molecule has 10 aromatic rings. The van der Waals surface area contributed by atoms with Crippen LogP contribution in [0.15, 0.2) is 140 Å². The second kappa shape index (κ2) is 8.30. The average molecular weight is 550 g/mol. The third-order valence-electron chi connectivity index (χ3n) is 8.90. The van der Waals surface area contributed by atoms with Gasteiger partial charge in [0.2, 0.25) is 0 Å². The fourth-order valence-electron chi connectivity index (χ4n) is 7.30. The summed E-state index contributed by atoms with van der Waals surface area (Å²) in [6, 6.07) is 43.3. The minimum atomic E-state index is 0.864. The molecule has 5 nitrogen and oxygen atoms in total. The van der Waals surface area contributed by atoms with Crippen LogP contribution in [0.2, 0.25) is 0 Å². The van der Waals surface area contributed by atoms with Crippen molar-refractivity contribution in [2.45, 2.75) is 0 Å². The number of rotatable bonds is 2. The summed E-state index contributed by atoms with van der Waals surface area (Å²) in [5.41, 5.74) is 9.87. The number of para-hydroxylation sites is 4. The van der Waals surface area contributed by atoms with Crippen LogP contribution in [0, 0.1) is 0 Å². The summed E-state index contributed by atoms with van der Waals surface area (Å²) in [5, 5.41) is 7.14. The molecular formula is C38H23N5. The molecule has 200 valence electrons. The molecule has 0 aliphatic carbocycles. The lowest BCUT2D eigenvalue weighted by molar-refractivity contribution is 1.18. The molecule has 0 atom stereocenters. The molecule has 0 bridgehead atoms. The summed E-state index contributed by atoms with van der Waals surface area (Å²) in [5.74, 6) is 0. The largest absolute Gasteiger partial charge is 0.308 e. The molecule has 0 unspecified atom stereocenters. The Morgan fingerprint density at radius 3 is 1.56 bits per heavy atom. The monoisotopic (exact) mass is 549 g/mol. The second-order valence-corrected chi connectivity index (χ2v) is 11.1. The van der Waals surface area contributed by atoms with Gasteiger partial charge in [0, 0.05) is 62.3 Å². The Labute approximate surface area is 245 Å². The Bertz CT molecular complexity index is 2710. The number of hydrogen-bond acceptors (Lipinski definition) is 2. The zero-order valence-electron chi connectivity index (χ0n) is 23.0. The van der Waals surface area contributed by atoms with Gasteiger partial charge in [-0.25, -0.2) is 4.98 Å². The summed E-state index contributed by atoms with van der Waals surface area (Å²) in [6.45, 7) is 0. The van der Waals surface area contributed by atoms with Gasteiger partial charge in [-0.05, 0) is 42.5 Å². The lowest BCUT2D eigenvalue weighted by Crippen LogP contribution is -1.99. The molecule has 10 rings (SSSR count). The molecule has 5 heteroatoms. The van der Waals surface area contributed by atoms with Crippen LogP contribution >= 0.6 is 0 Å². The van der Waals surface area contributed by atoms with Crippen molar-refractivity contribution in [1.29, 1.82) is 0 Å². The topological polar surface area (TPSA) is 40.1 Å². The third kappa shape index (κ3) is 2.85. The summed E-state index contributed by atoms with van der Waals surface area (Å²) >= 11 is 0. The highest BCUT2D eigenvalue weighted by Crippen LogP contribution is 2.48. The standard InChI is InChI=1S/C38H23N5/c1-3-12-24(13-4-1)42-29-19-9-7-16-26(29)31-35-33(28-18-11-21-39-34(28)38-40-22-23-41(35)38)37-32(36(31)42)27-17-8-10-20-30(27)43(37)25-14-5-2-6-15-25/h1-23H. The maximum absolute atomic E-state index is 4.89. The maximum Gasteiger partial charge on any atom is 0.163 e. The van der Waals surface area contributed by atoms with Crippen LogP contribution in [0.3, 0.4) is 0 Å². The Hall–Kier alpha value is -5.94. The van der Waals surface area contributed by atoms with E-state index in [1.807, 2.05) is 18.5 Å². The van der Waals surface area contributed by atoms with Crippen molar-refractivity contribution < 1.29 is 0 Å². The summed E-state index contributed by atoms with van der Waals surface area (Å²) in [6.07, 6.45) is 5.84. The molecule has 43 heavy (non-hydrogen) atoms. The molecule has 0 aliphatic rings. The number of nitrogens with zero attached hydrogens (tertiary/aromatic N) is 5. The molecule has 0 radical (unpaired) electrons. The quantitative estimate of drug-likeness (QED) is 0.202. The first-order valence-corrected chi connectivity index (χ1v) is 14.5. The van der Waals surface area contributed by atoms with E-state index in [4.69, 9.17) is 9.97 Å². The van der Waals surface area contributed by atoms with Crippen molar-refractivity contribution in [2.75, 3.05) is 0 Å². The van der Waals surface area contributed by atoms with Gasteiger partial charge in [-0.1, -0.05) is 78.9 Å². The maximum atomic E-state index is 4.89. The van der Waals surface area contributed by atoms with Crippen LogP contribution in [-0.4, -0.2) is 23.5 Å². The number of aromatic nitrogens is 5. The summed E-state index contributed by atoms with van der Waals surface area (Å²) in [7, 11) is 0. The average Bonchev–Trinajstić information content (AvgIpc) is 3.78. The number of benzene rings is 5.